The Morgan fingerprint density at radius 2 is 1.85 bits per heavy atom. The third-order valence-corrected chi connectivity index (χ3v) is 7.68. The molecule has 2 fully saturated rings. The molecule has 2 atom stereocenters. The van der Waals surface area contributed by atoms with Crippen molar-refractivity contribution in [2.45, 2.75) is 71.4 Å². The second-order valence-corrected chi connectivity index (χ2v) is 11.2. The average Bonchev–Trinajstić information content (AvgIpc) is 3.16. The van der Waals surface area contributed by atoms with Gasteiger partial charge in [0.25, 0.3) is 0 Å². The highest BCUT2D eigenvalue weighted by atomic mass is 16.2. The smallest absolute Gasteiger partial charge is 0.228 e. The van der Waals surface area contributed by atoms with Gasteiger partial charge in [-0.15, -0.1) is 0 Å². The topological polar surface area (TPSA) is 89.2 Å². The molecule has 2 aromatic heterocycles. The van der Waals surface area contributed by atoms with Gasteiger partial charge in [0, 0.05) is 54.3 Å². The maximum atomic E-state index is 13.1. The van der Waals surface area contributed by atoms with E-state index in [0.29, 0.717) is 12.1 Å². The van der Waals surface area contributed by atoms with Crippen LogP contribution in [0.3, 0.4) is 0 Å². The molecule has 2 aliphatic heterocycles. The van der Waals surface area contributed by atoms with Crippen molar-refractivity contribution in [2.75, 3.05) is 29.4 Å². The maximum Gasteiger partial charge on any atom is 0.228 e. The second kappa shape index (κ2) is 7.93. The van der Waals surface area contributed by atoms with Gasteiger partial charge in [-0.25, -0.2) is 15.0 Å². The van der Waals surface area contributed by atoms with Gasteiger partial charge in [-0.3, -0.25) is 4.79 Å². The lowest BCUT2D eigenvalue weighted by Gasteiger charge is -2.48. The van der Waals surface area contributed by atoms with Crippen LogP contribution in [-0.4, -0.2) is 57.5 Å². The molecule has 2 unspecified atom stereocenters. The summed E-state index contributed by atoms with van der Waals surface area (Å²) in [6.45, 7) is 12.5. The van der Waals surface area contributed by atoms with Gasteiger partial charge >= 0.3 is 0 Å². The van der Waals surface area contributed by atoms with E-state index in [4.69, 9.17) is 9.97 Å². The minimum absolute atomic E-state index is 0.0115. The number of nitriles is 1. The zero-order valence-corrected chi connectivity index (χ0v) is 20.7. The average molecular weight is 460 g/mol. The molecule has 1 aliphatic carbocycles. The monoisotopic (exact) mass is 459 g/mol. The number of anilines is 3. The summed E-state index contributed by atoms with van der Waals surface area (Å²) in [5, 5.41) is 9.38. The standard InChI is InChI=1S/C26H33N7O/c1-17-14-32(24(34)25(3,4)5)18(2)13-31(17)22-21-23(30-16-29-22)33(15-26(21)8-6-9-26)20-11-19(12-27)7-10-28-20/h7,10-11,16-18H,6,8-9,13-15H2,1-5H3. The van der Waals surface area contributed by atoms with Gasteiger partial charge in [0.05, 0.1) is 11.6 Å². The van der Waals surface area contributed by atoms with Crippen molar-refractivity contribution in [1.82, 2.24) is 19.9 Å². The Morgan fingerprint density at radius 1 is 1.12 bits per heavy atom. The van der Waals surface area contributed by atoms with Crippen LogP contribution in [0.15, 0.2) is 24.7 Å². The predicted octanol–water partition coefficient (Wildman–Crippen LogP) is 3.79. The number of aromatic nitrogens is 3. The quantitative estimate of drug-likeness (QED) is 0.675. The summed E-state index contributed by atoms with van der Waals surface area (Å²) < 4.78 is 0. The van der Waals surface area contributed by atoms with Crippen molar-refractivity contribution in [3.8, 4) is 6.07 Å². The normalized spacial score (nSPS) is 23.5. The summed E-state index contributed by atoms with van der Waals surface area (Å²) in [7, 11) is 0. The molecule has 2 aromatic rings. The molecule has 1 saturated heterocycles. The number of carbonyl (C=O) groups is 1. The lowest BCUT2D eigenvalue weighted by atomic mass is 9.66. The number of carbonyl (C=O) groups excluding carboxylic acids is 1. The maximum absolute atomic E-state index is 13.1. The first-order valence-electron chi connectivity index (χ1n) is 12.2. The van der Waals surface area contributed by atoms with Crippen LogP contribution in [-0.2, 0) is 10.2 Å². The third-order valence-electron chi connectivity index (χ3n) is 7.68. The van der Waals surface area contributed by atoms with Crippen LogP contribution < -0.4 is 9.80 Å². The van der Waals surface area contributed by atoms with Gasteiger partial charge in [-0.05, 0) is 38.8 Å². The third kappa shape index (κ3) is 3.49. The molecule has 0 radical (unpaired) electrons. The minimum atomic E-state index is -0.395. The van der Waals surface area contributed by atoms with E-state index < -0.39 is 5.41 Å². The molecule has 8 heteroatoms. The van der Waals surface area contributed by atoms with E-state index >= 15 is 0 Å². The van der Waals surface area contributed by atoms with Crippen LogP contribution in [0.1, 0.15) is 65.0 Å². The van der Waals surface area contributed by atoms with E-state index in [2.05, 4.69) is 34.7 Å². The van der Waals surface area contributed by atoms with E-state index in [1.165, 1.54) is 12.0 Å². The summed E-state index contributed by atoms with van der Waals surface area (Å²) in [5.74, 6) is 2.85. The van der Waals surface area contributed by atoms with Gasteiger partial charge in [0.15, 0.2) is 0 Å². The van der Waals surface area contributed by atoms with Crippen molar-refractivity contribution in [3.05, 3.63) is 35.8 Å². The van der Waals surface area contributed by atoms with Crippen LogP contribution in [0.5, 0.6) is 0 Å². The zero-order chi connectivity index (χ0) is 24.3. The number of nitrogens with zero attached hydrogens (tertiary/aromatic N) is 7. The lowest BCUT2D eigenvalue weighted by molar-refractivity contribution is -0.142. The number of hydrogen-bond acceptors (Lipinski definition) is 7. The molecule has 3 aliphatic rings. The molecule has 0 N–H and O–H groups in total. The SMILES string of the molecule is CC1CN(c2ncnc3c2C2(CCC2)CN3c2cc(C#N)ccn2)C(C)CN1C(=O)C(C)(C)C. The Balaban J connectivity index is 1.52. The Bertz CT molecular complexity index is 1160. The first-order valence-corrected chi connectivity index (χ1v) is 12.2. The number of fused-ring (bicyclic) bond motifs is 2. The number of hydrogen-bond donors (Lipinski definition) is 0. The Morgan fingerprint density at radius 3 is 2.50 bits per heavy atom. The molecule has 4 heterocycles. The van der Waals surface area contributed by atoms with Crippen molar-refractivity contribution < 1.29 is 4.79 Å². The highest BCUT2D eigenvalue weighted by Gasteiger charge is 2.52. The van der Waals surface area contributed by atoms with Crippen molar-refractivity contribution in [3.63, 3.8) is 0 Å². The fourth-order valence-corrected chi connectivity index (χ4v) is 5.69. The lowest BCUT2D eigenvalue weighted by Crippen LogP contribution is -2.60. The molecule has 1 spiro atoms. The van der Waals surface area contributed by atoms with E-state index in [0.717, 1.165) is 43.4 Å². The Hall–Kier alpha value is -3.21. The molecule has 0 aromatic carbocycles. The van der Waals surface area contributed by atoms with Crippen molar-refractivity contribution >= 4 is 23.4 Å². The molecule has 34 heavy (non-hydrogen) atoms. The zero-order valence-electron chi connectivity index (χ0n) is 20.7. The predicted molar refractivity (Wildman–Crippen MR) is 131 cm³/mol. The van der Waals surface area contributed by atoms with Crippen molar-refractivity contribution in [1.29, 1.82) is 5.26 Å². The van der Waals surface area contributed by atoms with E-state index in [-0.39, 0.29) is 23.4 Å². The van der Waals surface area contributed by atoms with Crippen LogP contribution in [0.25, 0.3) is 0 Å². The van der Waals surface area contributed by atoms with Gasteiger partial charge in [-0.2, -0.15) is 5.26 Å². The highest BCUT2D eigenvalue weighted by molar-refractivity contribution is 5.82. The number of amides is 1. The summed E-state index contributed by atoms with van der Waals surface area (Å²) in [6.07, 6.45) is 6.73. The molecule has 1 saturated carbocycles. The van der Waals surface area contributed by atoms with Crippen LogP contribution in [0, 0.1) is 16.7 Å². The number of rotatable bonds is 2. The van der Waals surface area contributed by atoms with Crippen LogP contribution >= 0.6 is 0 Å². The first kappa shape index (κ1) is 22.6. The highest BCUT2D eigenvalue weighted by Crippen LogP contribution is 2.56. The molecule has 8 nitrogen and oxygen atoms in total. The largest absolute Gasteiger partial charge is 0.350 e. The summed E-state index contributed by atoms with van der Waals surface area (Å²) >= 11 is 0. The first-order chi connectivity index (χ1) is 16.1. The molecular formula is C26H33N7O. The van der Waals surface area contributed by atoms with E-state index in [9.17, 15) is 10.1 Å². The van der Waals surface area contributed by atoms with Gasteiger partial charge < -0.3 is 14.7 Å². The summed E-state index contributed by atoms with van der Waals surface area (Å²) in [4.78, 5) is 33.8. The fraction of sp³-hybridized carbons (Fsp3) is 0.577. The van der Waals surface area contributed by atoms with E-state index in [1.54, 1.807) is 18.6 Å². The van der Waals surface area contributed by atoms with E-state index in [1.807, 2.05) is 31.7 Å². The number of piperazine rings is 1. The Kier molecular flexibility index (Phi) is 5.27. The van der Waals surface area contributed by atoms with Gasteiger partial charge in [0.1, 0.15) is 23.8 Å². The second-order valence-electron chi connectivity index (χ2n) is 11.2. The van der Waals surface area contributed by atoms with Crippen LogP contribution in [0.2, 0.25) is 0 Å². The van der Waals surface area contributed by atoms with Gasteiger partial charge in [0.2, 0.25) is 5.91 Å². The molecule has 1 amide bonds. The molecule has 0 bridgehead atoms. The fourth-order valence-electron chi connectivity index (χ4n) is 5.69. The number of pyridine rings is 1. The van der Waals surface area contributed by atoms with Crippen LogP contribution in [0.4, 0.5) is 17.5 Å². The molecule has 5 rings (SSSR count). The summed E-state index contributed by atoms with van der Waals surface area (Å²) in [5.41, 5.74) is 1.42. The van der Waals surface area contributed by atoms with Crippen molar-refractivity contribution in [2.24, 2.45) is 5.41 Å². The van der Waals surface area contributed by atoms with Gasteiger partial charge in [-0.1, -0.05) is 27.2 Å². The molecule has 178 valence electrons. The molecular weight excluding hydrogens is 426 g/mol. The minimum Gasteiger partial charge on any atom is -0.350 e. The Labute approximate surface area is 201 Å². The summed E-state index contributed by atoms with van der Waals surface area (Å²) in [6, 6.07) is 6.03.